The second-order valence-corrected chi connectivity index (χ2v) is 9.62. The van der Waals surface area contributed by atoms with Crippen molar-refractivity contribution < 1.29 is 19.7 Å². The van der Waals surface area contributed by atoms with E-state index in [9.17, 15) is 10.2 Å². The number of aliphatic hydroxyl groups excluding tert-OH is 1. The number of hydrogen-bond donors (Lipinski definition) is 2. The molecule has 0 radical (unpaired) electrons. The van der Waals surface area contributed by atoms with Gasteiger partial charge in [-0.1, -0.05) is 30.7 Å². The molecular formula is C27H38N2O4. The van der Waals surface area contributed by atoms with Crippen LogP contribution in [-0.2, 0) is 6.54 Å². The van der Waals surface area contributed by atoms with E-state index in [-0.39, 0.29) is 6.61 Å². The van der Waals surface area contributed by atoms with Gasteiger partial charge >= 0.3 is 0 Å². The Balaban J connectivity index is 1.29. The second-order valence-electron chi connectivity index (χ2n) is 9.62. The third-order valence-electron chi connectivity index (χ3n) is 6.74. The number of nitrogens with zero attached hydrogens (tertiary/aromatic N) is 2. The van der Waals surface area contributed by atoms with Gasteiger partial charge in [0.2, 0.25) is 0 Å². The first-order valence-corrected chi connectivity index (χ1v) is 12.3. The van der Waals surface area contributed by atoms with Crippen LogP contribution in [0.3, 0.4) is 0 Å². The summed E-state index contributed by atoms with van der Waals surface area (Å²) in [5, 5.41) is 21.7. The highest BCUT2D eigenvalue weighted by molar-refractivity contribution is 5.29. The summed E-state index contributed by atoms with van der Waals surface area (Å²) in [7, 11) is 0. The van der Waals surface area contributed by atoms with Gasteiger partial charge in [-0.25, -0.2) is 0 Å². The summed E-state index contributed by atoms with van der Waals surface area (Å²) < 4.78 is 11.9. The Morgan fingerprint density at radius 3 is 2.48 bits per heavy atom. The molecule has 2 atom stereocenters. The van der Waals surface area contributed by atoms with Crippen LogP contribution >= 0.6 is 0 Å². The van der Waals surface area contributed by atoms with Crippen LogP contribution < -0.4 is 9.47 Å². The number of aryl methyl sites for hydroxylation is 1. The fourth-order valence-corrected chi connectivity index (χ4v) is 4.80. The molecule has 2 heterocycles. The van der Waals surface area contributed by atoms with Gasteiger partial charge in [0.15, 0.2) is 0 Å². The summed E-state index contributed by atoms with van der Waals surface area (Å²) in [6, 6.07) is 16.0. The van der Waals surface area contributed by atoms with Gasteiger partial charge in [-0.15, -0.1) is 0 Å². The van der Waals surface area contributed by atoms with Crippen LogP contribution in [0.1, 0.15) is 36.8 Å². The molecule has 6 heteroatoms. The lowest BCUT2D eigenvalue weighted by atomic mass is 9.90. The molecule has 6 nitrogen and oxygen atoms in total. The van der Waals surface area contributed by atoms with E-state index < -0.39 is 11.7 Å². The van der Waals surface area contributed by atoms with Crippen molar-refractivity contribution in [2.75, 3.05) is 45.9 Å². The van der Waals surface area contributed by atoms with Crippen molar-refractivity contribution in [3.8, 4) is 11.5 Å². The van der Waals surface area contributed by atoms with E-state index in [4.69, 9.17) is 9.47 Å². The summed E-state index contributed by atoms with van der Waals surface area (Å²) in [5.41, 5.74) is 0.942. The maximum Gasteiger partial charge on any atom is 0.137 e. The summed E-state index contributed by atoms with van der Waals surface area (Å²) in [6.45, 7) is 7.90. The van der Waals surface area contributed by atoms with Gasteiger partial charge in [0.05, 0.1) is 6.10 Å². The molecule has 2 aliphatic rings. The molecule has 2 aromatic rings. The first kappa shape index (κ1) is 24.0. The van der Waals surface area contributed by atoms with Crippen LogP contribution in [0, 0.1) is 6.92 Å². The fraction of sp³-hybridized carbons (Fsp3) is 0.556. The average Bonchev–Trinajstić information content (AvgIpc) is 2.81. The molecular weight excluding hydrogens is 416 g/mol. The maximum atomic E-state index is 11.2. The molecule has 2 N–H and O–H groups in total. The van der Waals surface area contributed by atoms with Crippen molar-refractivity contribution >= 4 is 0 Å². The Hall–Kier alpha value is -2.12. The molecule has 180 valence electrons. The molecule has 2 aliphatic heterocycles. The van der Waals surface area contributed by atoms with Crippen molar-refractivity contribution in [2.24, 2.45) is 0 Å². The van der Waals surface area contributed by atoms with Gasteiger partial charge in [-0.3, -0.25) is 9.80 Å². The average molecular weight is 455 g/mol. The van der Waals surface area contributed by atoms with E-state index >= 15 is 0 Å². The lowest BCUT2D eigenvalue weighted by molar-refractivity contribution is -0.140. The normalized spacial score (nSPS) is 24.5. The van der Waals surface area contributed by atoms with Gasteiger partial charge in [-0.2, -0.15) is 0 Å². The Morgan fingerprint density at radius 2 is 1.70 bits per heavy atom. The molecule has 0 aliphatic carbocycles. The third-order valence-corrected chi connectivity index (χ3v) is 6.74. The molecule has 0 saturated carbocycles. The molecule has 2 aromatic carbocycles. The first-order chi connectivity index (χ1) is 16.0. The van der Waals surface area contributed by atoms with E-state index in [1.165, 1.54) is 32.4 Å². The minimum Gasteiger partial charge on any atom is -0.492 e. The quantitative estimate of drug-likeness (QED) is 0.607. The van der Waals surface area contributed by atoms with E-state index in [0.717, 1.165) is 30.0 Å². The van der Waals surface area contributed by atoms with Gasteiger partial charge in [0.25, 0.3) is 0 Å². The SMILES string of the molecule is Cc1cccc(OC[C@@]2(O)CN(Cc3cccc(OCCN4CCCCC4)c3)CC[C@@H]2O)c1. The Bertz CT molecular complexity index is 886. The Labute approximate surface area is 197 Å². The zero-order valence-electron chi connectivity index (χ0n) is 19.8. The van der Waals surface area contributed by atoms with Crippen molar-refractivity contribution in [3.05, 3.63) is 59.7 Å². The predicted octanol–water partition coefficient (Wildman–Crippen LogP) is 3.24. The fourth-order valence-electron chi connectivity index (χ4n) is 4.80. The van der Waals surface area contributed by atoms with Crippen LogP contribution in [0.4, 0.5) is 0 Å². The number of hydrogen-bond acceptors (Lipinski definition) is 6. The number of aliphatic hydroxyl groups is 2. The van der Waals surface area contributed by atoms with Crippen molar-refractivity contribution in [3.63, 3.8) is 0 Å². The maximum absolute atomic E-state index is 11.2. The van der Waals surface area contributed by atoms with Gasteiger partial charge in [0, 0.05) is 26.2 Å². The zero-order valence-corrected chi connectivity index (χ0v) is 19.8. The number of piperidine rings is 2. The third kappa shape index (κ3) is 6.93. The molecule has 2 saturated heterocycles. The topological polar surface area (TPSA) is 65.4 Å². The predicted molar refractivity (Wildman–Crippen MR) is 130 cm³/mol. The molecule has 4 rings (SSSR count). The Morgan fingerprint density at radius 1 is 0.939 bits per heavy atom. The highest BCUT2D eigenvalue weighted by Gasteiger charge is 2.42. The number of β-amino-alcohol motifs (C(OH)–C–C–N with tert-alkyl or cyclic N) is 1. The monoisotopic (exact) mass is 454 g/mol. The lowest BCUT2D eigenvalue weighted by Crippen LogP contribution is -2.59. The smallest absolute Gasteiger partial charge is 0.137 e. The highest BCUT2D eigenvalue weighted by Crippen LogP contribution is 2.26. The van der Waals surface area contributed by atoms with Gasteiger partial charge in [0.1, 0.15) is 30.3 Å². The number of rotatable bonds is 9. The number of ether oxygens (including phenoxy) is 2. The minimum absolute atomic E-state index is 0.0633. The minimum atomic E-state index is -1.30. The van der Waals surface area contributed by atoms with E-state index in [1.54, 1.807) is 0 Å². The molecule has 33 heavy (non-hydrogen) atoms. The van der Waals surface area contributed by atoms with E-state index in [1.807, 2.05) is 43.3 Å². The molecule has 0 aromatic heterocycles. The van der Waals surface area contributed by atoms with Crippen LogP contribution in [0.15, 0.2) is 48.5 Å². The summed E-state index contributed by atoms with van der Waals surface area (Å²) in [6.07, 6.45) is 3.65. The zero-order chi connectivity index (χ0) is 23.1. The summed E-state index contributed by atoms with van der Waals surface area (Å²) >= 11 is 0. The van der Waals surface area contributed by atoms with Crippen LogP contribution in [-0.4, -0.2) is 77.7 Å². The molecule has 0 bridgehead atoms. The van der Waals surface area contributed by atoms with E-state index in [0.29, 0.717) is 31.9 Å². The first-order valence-electron chi connectivity index (χ1n) is 12.3. The van der Waals surface area contributed by atoms with Gasteiger partial charge < -0.3 is 19.7 Å². The summed E-state index contributed by atoms with van der Waals surface area (Å²) in [4.78, 5) is 4.66. The Kier molecular flexibility index (Phi) is 8.25. The molecule has 0 unspecified atom stereocenters. The van der Waals surface area contributed by atoms with Crippen LogP contribution in [0.25, 0.3) is 0 Å². The van der Waals surface area contributed by atoms with Crippen molar-refractivity contribution in [1.82, 2.24) is 9.80 Å². The van der Waals surface area contributed by atoms with E-state index in [2.05, 4.69) is 21.9 Å². The summed E-state index contributed by atoms with van der Waals surface area (Å²) in [5.74, 6) is 1.60. The molecule has 0 amide bonds. The standard InChI is InChI=1S/C27H38N2O4/c1-22-7-5-9-24(17-22)33-21-27(31)20-29(14-11-26(27)30)19-23-8-6-10-25(18-23)32-16-15-28-12-3-2-4-13-28/h5-10,17-18,26,30-31H,2-4,11-16,19-21H2,1H3/t26-,27-/m0/s1. The molecule has 0 spiro atoms. The van der Waals surface area contributed by atoms with Crippen molar-refractivity contribution in [1.29, 1.82) is 0 Å². The second kappa shape index (κ2) is 11.3. The van der Waals surface area contributed by atoms with Crippen LogP contribution in [0.2, 0.25) is 0 Å². The largest absolute Gasteiger partial charge is 0.492 e. The highest BCUT2D eigenvalue weighted by atomic mass is 16.5. The lowest BCUT2D eigenvalue weighted by Gasteiger charge is -2.42. The van der Waals surface area contributed by atoms with Crippen LogP contribution in [0.5, 0.6) is 11.5 Å². The van der Waals surface area contributed by atoms with Crippen molar-refractivity contribution in [2.45, 2.75) is 50.9 Å². The molecule has 2 fully saturated rings. The van der Waals surface area contributed by atoms with Gasteiger partial charge in [-0.05, 0) is 74.7 Å². The number of likely N-dealkylation sites (tertiary alicyclic amines) is 2. The number of benzene rings is 2.